The standard InChI is InChI=1S/C10H13NO2/c1-7-3-2-4-8(5-10(12)13)9(7)6-11/h2-4H,5-6,11H2,1H3,(H,12,13). The number of benzene rings is 1. The molecule has 3 heteroatoms. The van der Waals surface area contributed by atoms with E-state index in [9.17, 15) is 4.79 Å². The van der Waals surface area contributed by atoms with E-state index in [1.807, 2.05) is 25.1 Å². The van der Waals surface area contributed by atoms with E-state index >= 15 is 0 Å². The van der Waals surface area contributed by atoms with Gasteiger partial charge in [0, 0.05) is 6.54 Å². The van der Waals surface area contributed by atoms with Gasteiger partial charge in [-0.1, -0.05) is 18.2 Å². The van der Waals surface area contributed by atoms with Crippen LogP contribution in [-0.4, -0.2) is 11.1 Å². The smallest absolute Gasteiger partial charge is 0.307 e. The van der Waals surface area contributed by atoms with E-state index in [2.05, 4.69) is 0 Å². The number of carbonyl (C=O) groups is 1. The van der Waals surface area contributed by atoms with Crippen molar-refractivity contribution in [2.75, 3.05) is 0 Å². The Labute approximate surface area is 77.2 Å². The average Bonchev–Trinajstić information content (AvgIpc) is 2.03. The molecule has 0 radical (unpaired) electrons. The summed E-state index contributed by atoms with van der Waals surface area (Å²) in [7, 11) is 0. The molecule has 0 unspecified atom stereocenters. The zero-order valence-electron chi connectivity index (χ0n) is 7.58. The number of hydrogen-bond donors (Lipinski definition) is 2. The second-order valence-electron chi connectivity index (χ2n) is 2.99. The summed E-state index contributed by atoms with van der Waals surface area (Å²) in [5.41, 5.74) is 8.35. The van der Waals surface area contributed by atoms with E-state index in [0.29, 0.717) is 6.54 Å². The van der Waals surface area contributed by atoms with E-state index in [0.717, 1.165) is 16.7 Å². The van der Waals surface area contributed by atoms with Gasteiger partial charge in [-0.05, 0) is 23.6 Å². The molecule has 13 heavy (non-hydrogen) atoms. The first-order chi connectivity index (χ1) is 6.15. The number of carboxylic acid groups (broad SMARTS) is 1. The summed E-state index contributed by atoms with van der Waals surface area (Å²) in [5, 5.41) is 8.64. The highest BCUT2D eigenvalue weighted by atomic mass is 16.4. The Balaban J connectivity index is 3.05. The number of carboxylic acids is 1. The Morgan fingerprint density at radius 2 is 2.23 bits per heavy atom. The maximum Gasteiger partial charge on any atom is 0.307 e. The summed E-state index contributed by atoms with van der Waals surface area (Å²) in [6.45, 7) is 2.34. The van der Waals surface area contributed by atoms with Crippen molar-refractivity contribution in [1.82, 2.24) is 0 Å². The van der Waals surface area contributed by atoms with E-state index < -0.39 is 5.97 Å². The molecule has 70 valence electrons. The Morgan fingerprint density at radius 1 is 1.54 bits per heavy atom. The van der Waals surface area contributed by atoms with Gasteiger partial charge in [0.25, 0.3) is 0 Å². The lowest BCUT2D eigenvalue weighted by Crippen LogP contribution is -2.08. The third kappa shape index (κ3) is 2.29. The SMILES string of the molecule is Cc1cccc(CC(=O)O)c1CN. The van der Waals surface area contributed by atoms with Crippen LogP contribution in [0.4, 0.5) is 0 Å². The Bertz CT molecular complexity index is 321. The maximum atomic E-state index is 10.5. The number of nitrogens with two attached hydrogens (primary N) is 1. The molecule has 0 amide bonds. The molecule has 0 atom stereocenters. The molecule has 0 bridgehead atoms. The highest BCUT2D eigenvalue weighted by Crippen LogP contribution is 2.13. The summed E-state index contributed by atoms with van der Waals surface area (Å²) in [5.74, 6) is -0.819. The van der Waals surface area contributed by atoms with Gasteiger partial charge in [0.2, 0.25) is 0 Å². The number of rotatable bonds is 3. The van der Waals surface area contributed by atoms with Crippen LogP contribution in [0, 0.1) is 6.92 Å². The van der Waals surface area contributed by atoms with Crippen LogP contribution < -0.4 is 5.73 Å². The highest BCUT2D eigenvalue weighted by molar-refractivity contribution is 5.71. The highest BCUT2D eigenvalue weighted by Gasteiger charge is 2.06. The summed E-state index contributed by atoms with van der Waals surface area (Å²) < 4.78 is 0. The van der Waals surface area contributed by atoms with Crippen LogP contribution >= 0.6 is 0 Å². The minimum Gasteiger partial charge on any atom is -0.481 e. The monoisotopic (exact) mass is 179 g/mol. The van der Waals surface area contributed by atoms with Gasteiger partial charge in [0.05, 0.1) is 6.42 Å². The first-order valence-electron chi connectivity index (χ1n) is 4.14. The largest absolute Gasteiger partial charge is 0.481 e. The van der Waals surface area contributed by atoms with Crippen LogP contribution in [0.2, 0.25) is 0 Å². The van der Waals surface area contributed by atoms with Crippen LogP contribution in [0.5, 0.6) is 0 Å². The maximum absolute atomic E-state index is 10.5. The van der Waals surface area contributed by atoms with Gasteiger partial charge in [0.1, 0.15) is 0 Å². The molecular weight excluding hydrogens is 166 g/mol. The second kappa shape index (κ2) is 4.05. The summed E-state index contributed by atoms with van der Waals surface area (Å²) in [6, 6.07) is 5.60. The molecule has 0 aliphatic carbocycles. The van der Waals surface area contributed by atoms with Crippen LogP contribution in [0.25, 0.3) is 0 Å². The fourth-order valence-electron chi connectivity index (χ4n) is 1.38. The van der Waals surface area contributed by atoms with Crippen molar-refractivity contribution in [1.29, 1.82) is 0 Å². The average molecular weight is 179 g/mol. The topological polar surface area (TPSA) is 63.3 Å². The number of hydrogen-bond acceptors (Lipinski definition) is 2. The summed E-state index contributed by atoms with van der Waals surface area (Å²) in [4.78, 5) is 10.5. The Morgan fingerprint density at radius 3 is 2.77 bits per heavy atom. The molecule has 1 aromatic rings. The number of aryl methyl sites for hydroxylation is 1. The molecule has 0 heterocycles. The van der Waals surface area contributed by atoms with Crippen molar-refractivity contribution in [2.45, 2.75) is 19.9 Å². The van der Waals surface area contributed by atoms with E-state index in [-0.39, 0.29) is 6.42 Å². The van der Waals surface area contributed by atoms with Crippen LogP contribution in [0.15, 0.2) is 18.2 Å². The molecule has 0 saturated heterocycles. The van der Waals surface area contributed by atoms with Crippen molar-refractivity contribution in [3.63, 3.8) is 0 Å². The molecular formula is C10H13NO2. The van der Waals surface area contributed by atoms with E-state index in [1.165, 1.54) is 0 Å². The van der Waals surface area contributed by atoms with Gasteiger partial charge in [-0.2, -0.15) is 0 Å². The first-order valence-corrected chi connectivity index (χ1v) is 4.14. The lowest BCUT2D eigenvalue weighted by molar-refractivity contribution is -0.136. The minimum atomic E-state index is -0.819. The normalized spacial score (nSPS) is 10.0. The van der Waals surface area contributed by atoms with E-state index in [1.54, 1.807) is 0 Å². The molecule has 0 saturated carbocycles. The first kappa shape index (κ1) is 9.74. The van der Waals surface area contributed by atoms with E-state index in [4.69, 9.17) is 10.8 Å². The van der Waals surface area contributed by atoms with Crippen LogP contribution in [0.1, 0.15) is 16.7 Å². The lowest BCUT2D eigenvalue weighted by Gasteiger charge is -2.08. The third-order valence-corrected chi connectivity index (χ3v) is 2.05. The zero-order chi connectivity index (χ0) is 9.84. The molecule has 0 aliphatic rings. The van der Waals surface area contributed by atoms with Crippen LogP contribution in [-0.2, 0) is 17.8 Å². The molecule has 3 nitrogen and oxygen atoms in total. The second-order valence-corrected chi connectivity index (χ2v) is 2.99. The van der Waals surface area contributed by atoms with Crippen molar-refractivity contribution < 1.29 is 9.90 Å². The molecule has 1 aromatic carbocycles. The quantitative estimate of drug-likeness (QED) is 0.729. The van der Waals surface area contributed by atoms with Gasteiger partial charge < -0.3 is 10.8 Å². The lowest BCUT2D eigenvalue weighted by atomic mass is 10.00. The molecule has 0 aliphatic heterocycles. The van der Waals surface area contributed by atoms with Crippen LogP contribution in [0.3, 0.4) is 0 Å². The van der Waals surface area contributed by atoms with Gasteiger partial charge in [-0.15, -0.1) is 0 Å². The van der Waals surface area contributed by atoms with Gasteiger partial charge in [0.15, 0.2) is 0 Å². The summed E-state index contributed by atoms with van der Waals surface area (Å²) >= 11 is 0. The van der Waals surface area contributed by atoms with Crippen molar-refractivity contribution in [3.05, 3.63) is 34.9 Å². The molecule has 0 spiro atoms. The molecule has 1 rings (SSSR count). The predicted molar refractivity (Wildman–Crippen MR) is 50.4 cm³/mol. The fraction of sp³-hybridized carbons (Fsp3) is 0.300. The summed E-state index contributed by atoms with van der Waals surface area (Å²) in [6.07, 6.45) is 0.0498. The Hall–Kier alpha value is -1.35. The van der Waals surface area contributed by atoms with Crippen molar-refractivity contribution in [3.8, 4) is 0 Å². The van der Waals surface area contributed by atoms with Gasteiger partial charge >= 0.3 is 5.97 Å². The van der Waals surface area contributed by atoms with Crippen molar-refractivity contribution in [2.24, 2.45) is 5.73 Å². The fourth-order valence-corrected chi connectivity index (χ4v) is 1.38. The van der Waals surface area contributed by atoms with Crippen molar-refractivity contribution >= 4 is 5.97 Å². The molecule has 0 aromatic heterocycles. The zero-order valence-corrected chi connectivity index (χ0v) is 7.58. The predicted octanol–water partition coefficient (Wildman–Crippen LogP) is 1.08. The molecule has 0 fully saturated rings. The molecule has 3 N–H and O–H groups in total. The van der Waals surface area contributed by atoms with Gasteiger partial charge in [-0.3, -0.25) is 4.79 Å². The van der Waals surface area contributed by atoms with Gasteiger partial charge in [-0.25, -0.2) is 0 Å². The Kier molecular flexibility index (Phi) is 3.03. The number of aliphatic carboxylic acids is 1. The third-order valence-electron chi connectivity index (χ3n) is 2.05. The minimum absolute atomic E-state index is 0.0498.